The molecule has 1 saturated carbocycles. The van der Waals surface area contributed by atoms with Gasteiger partial charge in [0.25, 0.3) is 0 Å². The first-order valence-corrected chi connectivity index (χ1v) is 7.27. The molecule has 1 saturated heterocycles. The van der Waals surface area contributed by atoms with Gasteiger partial charge in [0, 0.05) is 18.5 Å². The fourth-order valence-electron chi connectivity index (χ4n) is 3.07. The van der Waals surface area contributed by atoms with Crippen LogP contribution in [0.1, 0.15) is 58.3 Å². The van der Waals surface area contributed by atoms with Crippen LogP contribution in [-0.4, -0.2) is 24.5 Å². The molecule has 3 heteroatoms. The quantitative estimate of drug-likeness (QED) is 0.740. The van der Waals surface area contributed by atoms with E-state index in [2.05, 4.69) is 17.6 Å². The zero-order valence-electron chi connectivity index (χ0n) is 11.0. The maximum Gasteiger partial charge on any atom is 0.221 e. The smallest absolute Gasteiger partial charge is 0.221 e. The van der Waals surface area contributed by atoms with Crippen LogP contribution in [0.25, 0.3) is 0 Å². The van der Waals surface area contributed by atoms with E-state index in [0.717, 1.165) is 18.9 Å². The molecule has 17 heavy (non-hydrogen) atoms. The SMILES string of the molecule is CC1CCCC(NC(=O)CC2CCCN2)CC1. The number of carbonyl (C=O) groups excluding carboxylic acids is 1. The van der Waals surface area contributed by atoms with Crippen molar-refractivity contribution in [3.8, 4) is 0 Å². The van der Waals surface area contributed by atoms with Gasteiger partial charge in [-0.2, -0.15) is 0 Å². The molecule has 2 N–H and O–H groups in total. The largest absolute Gasteiger partial charge is 0.353 e. The lowest BCUT2D eigenvalue weighted by molar-refractivity contribution is -0.122. The Balaban J connectivity index is 1.69. The Bertz CT molecular complexity index is 249. The van der Waals surface area contributed by atoms with Gasteiger partial charge in [-0.05, 0) is 44.6 Å². The third-order valence-corrected chi connectivity index (χ3v) is 4.22. The molecule has 3 unspecified atom stereocenters. The number of hydrogen-bond acceptors (Lipinski definition) is 2. The normalized spacial score (nSPS) is 34.3. The summed E-state index contributed by atoms with van der Waals surface area (Å²) < 4.78 is 0. The Morgan fingerprint density at radius 1 is 1.18 bits per heavy atom. The number of hydrogen-bond donors (Lipinski definition) is 2. The van der Waals surface area contributed by atoms with Crippen molar-refractivity contribution >= 4 is 5.91 Å². The van der Waals surface area contributed by atoms with Crippen LogP contribution in [0.4, 0.5) is 0 Å². The van der Waals surface area contributed by atoms with Crippen LogP contribution in [0.15, 0.2) is 0 Å². The van der Waals surface area contributed by atoms with Gasteiger partial charge in [0.1, 0.15) is 0 Å². The predicted molar refractivity (Wildman–Crippen MR) is 69.8 cm³/mol. The van der Waals surface area contributed by atoms with Crippen molar-refractivity contribution in [2.45, 2.75) is 70.4 Å². The minimum atomic E-state index is 0.254. The Labute approximate surface area is 105 Å². The molecule has 2 aliphatic rings. The van der Waals surface area contributed by atoms with E-state index < -0.39 is 0 Å². The van der Waals surface area contributed by atoms with Gasteiger partial charge in [0.2, 0.25) is 5.91 Å². The molecule has 3 nitrogen and oxygen atoms in total. The van der Waals surface area contributed by atoms with Gasteiger partial charge in [-0.1, -0.05) is 19.8 Å². The fraction of sp³-hybridized carbons (Fsp3) is 0.929. The Morgan fingerprint density at radius 2 is 2.06 bits per heavy atom. The molecule has 0 aromatic heterocycles. The zero-order chi connectivity index (χ0) is 12.1. The summed E-state index contributed by atoms with van der Waals surface area (Å²) in [5, 5.41) is 6.61. The number of carbonyl (C=O) groups is 1. The first-order valence-electron chi connectivity index (χ1n) is 7.27. The van der Waals surface area contributed by atoms with Crippen LogP contribution >= 0.6 is 0 Å². The second-order valence-electron chi connectivity index (χ2n) is 5.88. The summed E-state index contributed by atoms with van der Waals surface area (Å²) in [6, 6.07) is 0.869. The predicted octanol–water partition coefficient (Wildman–Crippen LogP) is 2.21. The van der Waals surface area contributed by atoms with Gasteiger partial charge in [-0.25, -0.2) is 0 Å². The first-order chi connectivity index (χ1) is 8.24. The van der Waals surface area contributed by atoms with Gasteiger partial charge >= 0.3 is 0 Å². The molecule has 1 aliphatic carbocycles. The van der Waals surface area contributed by atoms with Crippen LogP contribution in [0, 0.1) is 5.92 Å². The second kappa shape index (κ2) is 6.39. The Kier molecular flexibility index (Phi) is 4.84. The number of nitrogens with one attached hydrogen (secondary N) is 2. The van der Waals surface area contributed by atoms with Crippen molar-refractivity contribution < 1.29 is 4.79 Å². The van der Waals surface area contributed by atoms with Crippen molar-refractivity contribution in [3.63, 3.8) is 0 Å². The molecule has 1 heterocycles. The van der Waals surface area contributed by atoms with E-state index in [1.54, 1.807) is 0 Å². The molecular weight excluding hydrogens is 212 g/mol. The van der Waals surface area contributed by atoms with Crippen LogP contribution in [0.3, 0.4) is 0 Å². The third-order valence-electron chi connectivity index (χ3n) is 4.22. The van der Waals surface area contributed by atoms with E-state index in [1.807, 2.05) is 0 Å². The van der Waals surface area contributed by atoms with Gasteiger partial charge in [0.15, 0.2) is 0 Å². The maximum atomic E-state index is 11.9. The minimum absolute atomic E-state index is 0.254. The highest BCUT2D eigenvalue weighted by Crippen LogP contribution is 2.22. The molecule has 1 aliphatic heterocycles. The van der Waals surface area contributed by atoms with Crippen molar-refractivity contribution in [2.75, 3.05) is 6.54 Å². The summed E-state index contributed by atoms with van der Waals surface area (Å²) in [5.41, 5.74) is 0. The summed E-state index contributed by atoms with van der Waals surface area (Å²) in [5.74, 6) is 1.09. The van der Waals surface area contributed by atoms with Gasteiger partial charge in [0.05, 0.1) is 0 Å². The van der Waals surface area contributed by atoms with Gasteiger partial charge < -0.3 is 10.6 Å². The lowest BCUT2D eigenvalue weighted by Crippen LogP contribution is -2.38. The highest BCUT2D eigenvalue weighted by atomic mass is 16.1. The second-order valence-corrected chi connectivity index (χ2v) is 5.88. The molecule has 0 aromatic rings. The van der Waals surface area contributed by atoms with E-state index in [1.165, 1.54) is 38.5 Å². The summed E-state index contributed by atoms with van der Waals surface area (Å²) in [7, 11) is 0. The number of amides is 1. The van der Waals surface area contributed by atoms with Crippen molar-refractivity contribution in [1.29, 1.82) is 0 Å². The standard InChI is InChI=1S/C14H26N2O/c1-11-4-2-5-12(8-7-11)16-14(17)10-13-6-3-9-15-13/h11-13,15H,2-10H2,1H3,(H,16,17). The molecule has 0 radical (unpaired) electrons. The number of rotatable bonds is 3. The summed E-state index contributed by atoms with van der Waals surface area (Å²) in [6.07, 6.45) is 9.27. The van der Waals surface area contributed by atoms with E-state index >= 15 is 0 Å². The summed E-state index contributed by atoms with van der Waals surface area (Å²) >= 11 is 0. The lowest BCUT2D eigenvalue weighted by atomic mass is 10.0. The highest BCUT2D eigenvalue weighted by molar-refractivity contribution is 5.76. The molecule has 2 fully saturated rings. The van der Waals surface area contributed by atoms with Gasteiger partial charge in [-0.3, -0.25) is 4.79 Å². The molecular formula is C14H26N2O. The average molecular weight is 238 g/mol. The Morgan fingerprint density at radius 3 is 2.82 bits per heavy atom. The summed E-state index contributed by atoms with van der Waals surface area (Å²) in [4.78, 5) is 11.9. The molecule has 1 amide bonds. The molecule has 0 aromatic carbocycles. The van der Waals surface area contributed by atoms with Crippen molar-refractivity contribution in [1.82, 2.24) is 10.6 Å². The molecule has 0 bridgehead atoms. The van der Waals surface area contributed by atoms with Crippen LogP contribution in [0.5, 0.6) is 0 Å². The highest BCUT2D eigenvalue weighted by Gasteiger charge is 2.21. The Hall–Kier alpha value is -0.570. The topological polar surface area (TPSA) is 41.1 Å². The minimum Gasteiger partial charge on any atom is -0.353 e. The first kappa shape index (κ1) is 12.9. The lowest BCUT2D eigenvalue weighted by Gasteiger charge is -2.18. The summed E-state index contributed by atoms with van der Waals surface area (Å²) in [6.45, 7) is 3.41. The average Bonchev–Trinajstić information content (AvgIpc) is 2.70. The van der Waals surface area contributed by atoms with Crippen molar-refractivity contribution in [2.24, 2.45) is 5.92 Å². The van der Waals surface area contributed by atoms with E-state index in [9.17, 15) is 4.79 Å². The maximum absolute atomic E-state index is 11.9. The molecule has 98 valence electrons. The monoisotopic (exact) mass is 238 g/mol. The van der Waals surface area contributed by atoms with Crippen LogP contribution in [-0.2, 0) is 4.79 Å². The molecule has 2 rings (SSSR count). The third kappa shape index (κ3) is 4.30. The molecule has 3 atom stereocenters. The van der Waals surface area contributed by atoms with Gasteiger partial charge in [-0.15, -0.1) is 0 Å². The van der Waals surface area contributed by atoms with Crippen LogP contribution in [0.2, 0.25) is 0 Å². The fourth-order valence-corrected chi connectivity index (χ4v) is 3.07. The zero-order valence-corrected chi connectivity index (χ0v) is 11.0. The van der Waals surface area contributed by atoms with Crippen molar-refractivity contribution in [3.05, 3.63) is 0 Å². The molecule has 0 spiro atoms. The van der Waals surface area contributed by atoms with E-state index in [0.29, 0.717) is 18.5 Å². The van der Waals surface area contributed by atoms with Crippen LogP contribution < -0.4 is 10.6 Å². The van der Waals surface area contributed by atoms with E-state index in [4.69, 9.17) is 0 Å². The van der Waals surface area contributed by atoms with E-state index in [-0.39, 0.29) is 5.91 Å².